The third-order valence-electron chi connectivity index (χ3n) is 3.01. The number of amides is 2. The van der Waals surface area contributed by atoms with Crippen LogP contribution in [0.2, 0.25) is 0 Å². The molecule has 0 spiro atoms. The third-order valence-corrected chi connectivity index (χ3v) is 3.01. The first-order chi connectivity index (χ1) is 13.3. The second-order valence-corrected chi connectivity index (χ2v) is 6.66. The Balaban J connectivity index is 2.49. The number of carbonyl (C=O) groups excluding carboxylic acids is 2. The molecule has 28 heavy (non-hydrogen) atoms. The predicted molar refractivity (Wildman–Crippen MR) is 101 cm³/mol. The minimum atomic E-state index is -0.968. The van der Waals surface area contributed by atoms with Crippen molar-refractivity contribution in [3.05, 3.63) is 35.9 Å². The molecule has 0 radical (unpaired) electrons. The van der Waals surface area contributed by atoms with Crippen molar-refractivity contribution >= 4 is 12.2 Å². The Morgan fingerprint density at radius 3 is 2.14 bits per heavy atom. The second-order valence-electron chi connectivity index (χ2n) is 6.66. The average Bonchev–Trinajstić information content (AvgIpc) is 2.64. The van der Waals surface area contributed by atoms with Crippen molar-refractivity contribution in [2.24, 2.45) is 5.73 Å². The first kappa shape index (κ1) is 23.8. The van der Waals surface area contributed by atoms with E-state index in [4.69, 9.17) is 29.5 Å². The first-order valence-electron chi connectivity index (χ1n) is 9.05. The van der Waals surface area contributed by atoms with Crippen molar-refractivity contribution in [3.63, 3.8) is 0 Å². The summed E-state index contributed by atoms with van der Waals surface area (Å²) in [6.07, 6.45) is -1.93. The molecule has 2 amide bonds. The zero-order valence-electron chi connectivity index (χ0n) is 16.7. The van der Waals surface area contributed by atoms with Crippen LogP contribution in [0.5, 0.6) is 0 Å². The standard InChI is InChI=1S/C19H30N2O7/c1-19(2,3)28-18(23)21(27-14-13-25-12-11-24-10-9-20)17(22)26-15-16-7-5-4-6-8-16/h4-8H,9-15,20H2,1-3H3. The van der Waals surface area contributed by atoms with Gasteiger partial charge in [-0.3, -0.25) is 4.84 Å². The van der Waals surface area contributed by atoms with Crippen LogP contribution in [0.15, 0.2) is 30.3 Å². The average molecular weight is 398 g/mol. The molecule has 0 aliphatic carbocycles. The zero-order valence-corrected chi connectivity index (χ0v) is 16.7. The highest BCUT2D eigenvalue weighted by molar-refractivity contribution is 5.86. The summed E-state index contributed by atoms with van der Waals surface area (Å²) < 4.78 is 20.8. The van der Waals surface area contributed by atoms with Gasteiger partial charge in [0.25, 0.3) is 0 Å². The lowest BCUT2D eigenvalue weighted by atomic mass is 10.2. The molecule has 0 bridgehead atoms. The Morgan fingerprint density at radius 1 is 0.929 bits per heavy atom. The van der Waals surface area contributed by atoms with E-state index in [1.807, 2.05) is 18.2 Å². The molecule has 0 unspecified atom stereocenters. The Labute approximate surface area is 165 Å². The molecule has 1 rings (SSSR count). The molecule has 2 N–H and O–H groups in total. The normalized spacial score (nSPS) is 11.1. The first-order valence-corrected chi connectivity index (χ1v) is 9.05. The summed E-state index contributed by atoms with van der Waals surface area (Å²) in [5.74, 6) is 0. The van der Waals surface area contributed by atoms with Gasteiger partial charge < -0.3 is 24.7 Å². The van der Waals surface area contributed by atoms with Gasteiger partial charge in [0.1, 0.15) is 12.2 Å². The SMILES string of the molecule is CC(C)(C)OC(=O)N(OCCOCCOCCN)C(=O)OCc1ccccc1. The summed E-state index contributed by atoms with van der Waals surface area (Å²) in [5, 5.41) is 0.461. The number of benzene rings is 1. The molecule has 9 heteroatoms. The fraction of sp³-hybridized carbons (Fsp3) is 0.579. The molecule has 0 atom stereocenters. The highest BCUT2D eigenvalue weighted by atomic mass is 16.8. The van der Waals surface area contributed by atoms with Crippen LogP contribution >= 0.6 is 0 Å². The van der Waals surface area contributed by atoms with E-state index >= 15 is 0 Å². The molecule has 9 nitrogen and oxygen atoms in total. The minimum absolute atomic E-state index is 0.00267. The largest absolute Gasteiger partial charge is 0.444 e. The topological polar surface area (TPSA) is 110 Å². The summed E-state index contributed by atoms with van der Waals surface area (Å²) in [7, 11) is 0. The Morgan fingerprint density at radius 2 is 1.54 bits per heavy atom. The predicted octanol–water partition coefficient (Wildman–Crippen LogP) is 2.48. The number of imide groups is 1. The zero-order chi connectivity index (χ0) is 20.8. The van der Waals surface area contributed by atoms with E-state index in [0.29, 0.717) is 31.4 Å². The highest BCUT2D eigenvalue weighted by Gasteiger charge is 2.30. The van der Waals surface area contributed by atoms with Gasteiger partial charge in [-0.2, -0.15) is 0 Å². The number of nitrogens with zero attached hydrogens (tertiary/aromatic N) is 1. The van der Waals surface area contributed by atoms with Gasteiger partial charge in [0.05, 0.1) is 33.0 Å². The summed E-state index contributed by atoms with van der Waals surface area (Å²) in [6, 6.07) is 9.08. The summed E-state index contributed by atoms with van der Waals surface area (Å²) in [6.45, 7) is 6.79. The number of ether oxygens (including phenoxy) is 4. The Hall–Kier alpha value is -2.20. The number of nitrogens with two attached hydrogens (primary N) is 1. The van der Waals surface area contributed by atoms with Gasteiger partial charge in [0.2, 0.25) is 0 Å². The highest BCUT2D eigenvalue weighted by Crippen LogP contribution is 2.12. The van der Waals surface area contributed by atoms with Crippen LogP contribution in [0, 0.1) is 0 Å². The van der Waals surface area contributed by atoms with Crippen LogP contribution in [0.25, 0.3) is 0 Å². The van der Waals surface area contributed by atoms with E-state index < -0.39 is 17.8 Å². The molecule has 0 aliphatic rings. The van der Waals surface area contributed by atoms with Crippen molar-refractivity contribution in [2.45, 2.75) is 33.0 Å². The number of hydrogen-bond acceptors (Lipinski definition) is 8. The fourth-order valence-electron chi connectivity index (χ4n) is 1.85. The van der Waals surface area contributed by atoms with E-state index in [-0.39, 0.29) is 19.8 Å². The van der Waals surface area contributed by atoms with Crippen molar-refractivity contribution < 1.29 is 33.4 Å². The quantitative estimate of drug-likeness (QED) is 0.447. The number of rotatable bonds is 11. The van der Waals surface area contributed by atoms with Crippen LogP contribution < -0.4 is 5.73 Å². The maximum Gasteiger partial charge on any atom is 0.444 e. The summed E-state index contributed by atoms with van der Waals surface area (Å²) >= 11 is 0. The van der Waals surface area contributed by atoms with Crippen molar-refractivity contribution in [1.82, 2.24) is 5.06 Å². The summed E-state index contributed by atoms with van der Waals surface area (Å²) in [4.78, 5) is 29.8. The molecule has 0 saturated carbocycles. The molecular weight excluding hydrogens is 368 g/mol. The lowest BCUT2D eigenvalue weighted by molar-refractivity contribution is -0.141. The molecule has 0 fully saturated rings. The van der Waals surface area contributed by atoms with Crippen molar-refractivity contribution in [3.8, 4) is 0 Å². The Kier molecular flexibility index (Phi) is 11.1. The van der Waals surface area contributed by atoms with Crippen molar-refractivity contribution in [1.29, 1.82) is 0 Å². The van der Waals surface area contributed by atoms with Gasteiger partial charge in [-0.15, -0.1) is 0 Å². The van der Waals surface area contributed by atoms with Crippen LogP contribution in [0.4, 0.5) is 9.59 Å². The molecule has 0 heterocycles. The third kappa shape index (κ3) is 10.8. The van der Waals surface area contributed by atoms with Crippen LogP contribution in [0.1, 0.15) is 26.3 Å². The lowest BCUT2D eigenvalue weighted by Gasteiger charge is -2.24. The second kappa shape index (κ2) is 13.1. The van der Waals surface area contributed by atoms with E-state index in [1.165, 1.54) is 0 Å². The number of carbonyl (C=O) groups is 2. The van der Waals surface area contributed by atoms with Gasteiger partial charge >= 0.3 is 12.2 Å². The number of hydrogen-bond donors (Lipinski definition) is 1. The monoisotopic (exact) mass is 398 g/mol. The molecule has 0 aromatic heterocycles. The Bertz CT molecular complexity index is 575. The van der Waals surface area contributed by atoms with Gasteiger partial charge in [-0.1, -0.05) is 35.4 Å². The molecule has 158 valence electrons. The van der Waals surface area contributed by atoms with Crippen molar-refractivity contribution in [2.75, 3.05) is 39.6 Å². The molecule has 0 aliphatic heterocycles. The fourth-order valence-corrected chi connectivity index (χ4v) is 1.85. The lowest BCUT2D eigenvalue weighted by Crippen LogP contribution is -2.41. The smallest absolute Gasteiger partial charge is 0.443 e. The van der Waals surface area contributed by atoms with E-state index in [2.05, 4.69) is 0 Å². The maximum absolute atomic E-state index is 12.3. The number of hydroxylamine groups is 2. The van der Waals surface area contributed by atoms with Gasteiger partial charge in [-0.25, -0.2) is 9.59 Å². The molecule has 1 aromatic carbocycles. The van der Waals surface area contributed by atoms with Crippen LogP contribution in [0.3, 0.4) is 0 Å². The molecule has 0 saturated heterocycles. The molecule has 1 aromatic rings. The van der Waals surface area contributed by atoms with E-state index in [9.17, 15) is 9.59 Å². The van der Waals surface area contributed by atoms with Crippen LogP contribution in [-0.4, -0.2) is 62.4 Å². The maximum atomic E-state index is 12.3. The van der Waals surface area contributed by atoms with Gasteiger partial charge in [0.15, 0.2) is 0 Å². The van der Waals surface area contributed by atoms with Gasteiger partial charge in [0, 0.05) is 6.54 Å². The van der Waals surface area contributed by atoms with Gasteiger partial charge in [-0.05, 0) is 26.3 Å². The summed E-state index contributed by atoms with van der Waals surface area (Å²) in [5.41, 5.74) is 5.29. The van der Waals surface area contributed by atoms with E-state index in [0.717, 1.165) is 5.56 Å². The minimum Gasteiger partial charge on any atom is -0.443 e. The van der Waals surface area contributed by atoms with Crippen LogP contribution in [-0.2, 0) is 30.4 Å². The van der Waals surface area contributed by atoms with E-state index in [1.54, 1.807) is 32.9 Å². The molecular formula is C19H30N2O7.